The Hall–Kier alpha value is -2.41. The van der Waals surface area contributed by atoms with Gasteiger partial charge in [-0.05, 0) is 50.5 Å². The van der Waals surface area contributed by atoms with Crippen molar-refractivity contribution < 1.29 is 19.4 Å². The van der Waals surface area contributed by atoms with Crippen LogP contribution in [0.2, 0.25) is 0 Å². The van der Waals surface area contributed by atoms with Gasteiger partial charge in [-0.3, -0.25) is 4.79 Å². The number of benzene rings is 1. The molecule has 0 spiro atoms. The van der Waals surface area contributed by atoms with Gasteiger partial charge in [0.25, 0.3) is 5.91 Å². The minimum Gasteiger partial charge on any atom is -0.494 e. The first-order valence-electron chi connectivity index (χ1n) is 8.32. The van der Waals surface area contributed by atoms with Gasteiger partial charge in [0, 0.05) is 17.5 Å². The van der Waals surface area contributed by atoms with Crippen LogP contribution in [0.4, 0.5) is 0 Å². The van der Waals surface area contributed by atoms with Gasteiger partial charge in [-0.25, -0.2) is 9.78 Å². The number of piperidine rings is 1. The van der Waals surface area contributed by atoms with Crippen molar-refractivity contribution in [2.75, 3.05) is 13.2 Å². The van der Waals surface area contributed by atoms with Crippen molar-refractivity contribution in [2.24, 2.45) is 0 Å². The van der Waals surface area contributed by atoms with E-state index in [1.807, 2.05) is 31.2 Å². The smallest absolute Gasteiger partial charge is 0.326 e. The zero-order valence-corrected chi connectivity index (χ0v) is 14.8. The normalized spacial score (nSPS) is 17.3. The average Bonchev–Trinajstić information content (AvgIpc) is 3.12. The second-order valence-corrected chi connectivity index (χ2v) is 6.70. The Labute approximate surface area is 150 Å². The number of hydrogen-bond acceptors (Lipinski definition) is 5. The predicted octanol–water partition coefficient (Wildman–Crippen LogP) is 3.29. The van der Waals surface area contributed by atoms with Gasteiger partial charge in [-0.15, -0.1) is 11.3 Å². The van der Waals surface area contributed by atoms with Gasteiger partial charge in [-0.2, -0.15) is 0 Å². The maximum Gasteiger partial charge on any atom is 0.326 e. The van der Waals surface area contributed by atoms with E-state index in [2.05, 4.69) is 4.98 Å². The van der Waals surface area contributed by atoms with E-state index in [1.165, 1.54) is 16.2 Å². The molecule has 2 aromatic rings. The fourth-order valence-corrected chi connectivity index (χ4v) is 3.74. The molecule has 0 aliphatic carbocycles. The first kappa shape index (κ1) is 17.4. The van der Waals surface area contributed by atoms with E-state index in [0.717, 1.165) is 29.2 Å². The number of nitrogens with zero attached hydrogens (tertiary/aromatic N) is 2. The van der Waals surface area contributed by atoms with E-state index >= 15 is 0 Å². The van der Waals surface area contributed by atoms with E-state index in [4.69, 9.17) is 4.74 Å². The summed E-state index contributed by atoms with van der Waals surface area (Å²) in [5.74, 6) is -0.465. The molecule has 0 radical (unpaired) electrons. The van der Waals surface area contributed by atoms with Crippen molar-refractivity contribution in [1.82, 2.24) is 9.88 Å². The summed E-state index contributed by atoms with van der Waals surface area (Å²) < 4.78 is 5.42. The minimum atomic E-state index is -0.949. The Bertz CT molecular complexity index is 757. The van der Waals surface area contributed by atoms with Crippen LogP contribution in [0.3, 0.4) is 0 Å². The van der Waals surface area contributed by atoms with Crippen LogP contribution >= 0.6 is 11.3 Å². The summed E-state index contributed by atoms with van der Waals surface area (Å²) in [5.41, 5.74) is 1.21. The molecule has 25 heavy (non-hydrogen) atoms. The fourth-order valence-electron chi connectivity index (χ4n) is 2.94. The average molecular weight is 360 g/mol. The highest BCUT2D eigenvalue weighted by Gasteiger charge is 2.33. The molecule has 1 aromatic carbocycles. The van der Waals surface area contributed by atoms with Crippen LogP contribution in [-0.4, -0.2) is 46.1 Å². The lowest BCUT2D eigenvalue weighted by Gasteiger charge is -2.32. The predicted molar refractivity (Wildman–Crippen MR) is 95.0 cm³/mol. The number of aromatic nitrogens is 1. The van der Waals surface area contributed by atoms with Crippen LogP contribution < -0.4 is 4.74 Å². The lowest BCUT2D eigenvalue weighted by molar-refractivity contribution is -0.143. The highest BCUT2D eigenvalue weighted by atomic mass is 32.1. The van der Waals surface area contributed by atoms with Crippen molar-refractivity contribution >= 4 is 23.2 Å². The summed E-state index contributed by atoms with van der Waals surface area (Å²) in [6.07, 6.45) is 2.15. The number of carbonyl (C=O) groups is 2. The van der Waals surface area contributed by atoms with Crippen molar-refractivity contribution in [2.45, 2.75) is 32.2 Å². The molecular weight excluding hydrogens is 340 g/mol. The third-order valence-electron chi connectivity index (χ3n) is 4.18. The van der Waals surface area contributed by atoms with Crippen molar-refractivity contribution in [3.63, 3.8) is 0 Å². The molecule has 7 heteroatoms. The van der Waals surface area contributed by atoms with Gasteiger partial charge in [-0.1, -0.05) is 0 Å². The molecule has 1 fully saturated rings. The van der Waals surface area contributed by atoms with Gasteiger partial charge in [0.05, 0.1) is 6.61 Å². The zero-order valence-electron chi connectivity index (χ0n) is 14.0. The number of hydrogen-bond donors (Lipinski definition) is 1. The molecule has 1 aliphatic heterocycles. The molecule has 1 saturated heterocycles. The molecule has 0 bridgehead atoms. The van der Waals surface area contributed by atoms with Crippen LogP contribution in [-0.2, 0) is 4.79 Å². The number of carboxylic acids is 1. The second kappa shape index (κ2) is 7.65. The third-order valence-corrected chi connectivity index (χ3v) is 5.08. The SMILES string of the molecule is CCOc1ccc(-c2nc(C(=O)N3CCCCC3C(=O)O)cs2)cc1. The van der Waals surface area contributed by atoms with Crippen LogP contribution in [0.25, 0.3) is 10.6 Å². The van der Waals surface area contributed by atoms with Gasteiger partial charge < -0.3 is 14.7 Å². The molecule has 1 unspecified atom stereocenters. The Morgan fingerprint density at radius 3 is 2.76 bits per heavy atom. The monoisotopic (exact) mass is 360 g/mol. The summed E-state index contributed by atoms with van der Waals surface area (Å²) in [6.45, 7) is 3.00. The molecule has 1 aliphatic rings. The number of rotatable bonds is 5. The Kier molecular flexibility index (Phi) is 5.33. The van der Waals surface area contributed by atoms with E-state index in [1.54, 1.807) is 5.38 Å². The van der Waals surface area contributed by atoms with Crippen LogP contribution in [0.5, 0.6) is 5.75 Å². The number of thiazole rings is 1. The number of carbonyl (C=O) groups excluding carboxylic acids is 1. The Morgan fingerprint density at radius 2 is 2.08 bits per heavy atom. The topological polar surface area (TPSA) is 79.7 Å². The number of carboxylic acid groups (broad SMARTS) is 1. The molecule has 6 nitrogen and oxygen atoms in total. The van der Waals surface area contributed by atoms with Gasteiger partial charge in [0.2, 0.25) is 0 Å². The lowest BCUT2D eigenvalue weighted by Crippen LogP contribution is -2.48. The maximum atomic E-state index is 12.7. The van der Waals surface area contributed by atoms with Crippen LogP contribution in [0.1, 0.15) is 36.7 Å². The number of amides is 1. The molecule has 0 saturated carbocycles. The maximum absolute atomic E-state index is 12.7. The molecule has 2 heterocycles. The van der Waals surface area contributed by atoms with Gasteiger partial charge in [0.15, 0.2) is 0 Å². The van der Waals surface area contributed by atoms with Crippen LogP contribution in [0.15, 0.2) is 29.6 Å². The second-order valence-electron chi connectivity index (χ2n) is 5.84. The molecular formula is C18H20N2O4S. The highest BCUT2D eigenvalue weighted by Crippen LogP contribution is 2.27. The molecule has 1 amide bonds. The van der Waals surface area contributed by atoms with E-state index < -0.39 is 12.0 Å². The van der Waals surface area contributed by atoms with Crippen LogP contribution in [0, 0.1) is 0 Å². The zero-order chi connectivity index (χ0) is 17.8. The first-order valence-corrected chi connectivity index (χ1v) is 9.20. The van der Waals surface area contributed by atoms with E-state index in [0.29, 0.717) is 25.3 Å². The quantitative estimate of drug-likeness (QED) is 0.885. The summed E-state index contributed by atoms with van der Waals surface area (Å²) >= 11 is 1.38. The van der Waals surface area contributed by atoms with E-state index in [-0.39, 0.29) is 5.91 Å². The summed E-state index contributed by atoms with van der Waals surface area (Å²) in [7, 11) is 0. The number of ether oxygens (including phenoxy) is 1. The molecule has 1 N–H and O–H groups in total. The molecule has 1 atom stereocenters. The van der Waals surface area contributed by atoms with Gasteiger partial charge in [0.1, 0.15) is 22.5 Å². The van der Waals surface area contributed by atoms with Crippen molar-refractivity contribution in [3.05, 3.63) is 35.3 Å². The third kappa shape index (κ3) is 3.82. The largest absolute Gasteiger partial charge is 0.494 e. The molecule has 132 valence electrons. The Morgan fingerprint density at radius 1 is 1.32 bits per heavy atom. The van der Waals surface area contributed by atoms with Gasteiger partial charge >= 0.3 is 5.97 Å². The molecule has 3 rings (SSSR count). The number of likely N-dealkylation sites (tertiary alicyclic amines) is 1. The van der Waals surface area contributed by atoms with Crippen molar-refractivity contribution in [1.29, 1.82) is 0 Å². The lowest BCUT2D eigenvalue weighted by atomic mass is 10.0. The standard InChI is InChI=1S/C18H20N2O4S/c1-2-24-13-8-6-12(7-9-13)16-19-14(11-25-16)17(21)20-10-4-3-5-15(20)18(22)23/h6-9,11,15H,2-5,10H2,1H3,(H,22,23). The highest BCUT2D eigenvalue weighted by molar-refractivity contribution is 7.13. The van der Waals surface area contributed by atoms with Crippen molar-refractivity contribution in [3.8, 4) is 16.3 Å². The summed E-state index contributed by atoms with van der Waals surface area (Å²) in [6, 6.07) is 6.79. The minimum absolute atomic E-state index is 0.305. The number of aliphatic carboxylic acids is 1. The summed E-state index contributed by atoms with van der Waals surface area (Å²) in [4.78, 5) is 29.9. The Balaban J connectivity index is 1.78. The van der Waals surface area contributed by atoms with E-state index in [9.17, 15) is 14.7 Å². The fraction of sp³-hybridized carbons (Fsp3) is 0.389. The summed E-state index contributed by atoms with van der Waals surface area (Å²) in [5, 5.41) is 11.8. The molecule has 1 aromatic heterocycles. The first-order chi connectivity index (χ1) is 12.1.